The smallest absolute Gasteiger partial charge is 0.194 e. The molecule has 0 unspecified atom stereocenters. The summed E-state index contributed by atoms with van der Waals surface area (Å²) < 4.78 is 5.36. The van der Waals surface area contributed by atoms with Crippen LogP contribution in [0.25, 0.3) is 0 Å². The monoisotopic (exact) mass is 331 g/mol. The van der Waals surface area contributed by atoms with Crippen LogP contribution in [0, 0.1) is 0 Å². The van der Waals surface area contributed by atoms with Crippen molar-refractivity contribution in [2.45, 2.75) is 19.8 Å². The molecule has 4 nitrogen and oxygen atoms in total. The van der Waals surface area contributed by atoms with E-state index in [2.05, 4.69) is 46.3 Å². The molecule has 2 heterocycles. The lowest BCUT2D eigenvalue weighted by Crippen LogP contribution is -2.41. The van der Waals surface area contributed by atoms with Crippen molar-refractivity contribution in [3.63, 3.8) is 0 Å². The zero-order chi connectivity index (χ0) is 16.5. The van der Waals surface area contributed by atoms with Gasteiger partial charge in [-0.15, -0.1) is 11.3 Å². The van der Waals surface area contributed by atoms with Crippen LogP contribution >= 0.6 is 11.3 Å². The van der Waals surface area contributed by atoms with Crippen molar-refractivity contribution in [2.24, 2.45) is 4.99 Å². The molecule has 0 fully saturated rings. The van der Waals surface area contributed by atoms with Crippen LogP contribution < -0.4 is 5.32 Å². The number of nitrogens with zero attached hydrogens (tertiary/aromatic N) is 2. The first-order valence-corrected chi connectivity index (χ1v) is 8.71. The lowest BCUT2D eigenvalue weighted by Gasteiger charge is -2.22. The predicted octanol–water partition coefficient (Wildman–Crippen LogP) is 3.58. The van der Waals surface area contributed by atoms with E-state index in [1.54, 1.807) is 17.6 Å². The van der Waals surface area contributed by atoms with Crippen LogP contribution in [0.1, 0.15) is 17.6 Å². The predicted molar refractivity (Wildman–Crippen MR) is 98.2 cm³/mol. The molecule has 5 heteroatoms. The molecular weight excluding hydrogens is 306 g/mol. The standard InChI is InChI=1S/C18H25N3OS/c1-15(2)14-20-18(19-10-8-16-6-4-12-22-16)21(3)11-9-17-7-5-13-23-17/h4-7,12-13H,1,8-11,14H2,2-3H3,(H,19,20). The molecule has 0 aliphatic carbocycles. The SMILES string of the molecule is C=C(C)CN=C(NCCc1ccco1)N(C)CCc1cccs1. The second-order valence-electron chi connectivity index (χ2n) is 5.60. The first kappa shape index (κ1) is 17.3. The molecule has 2 aromatic rings. The van der Waals surface area contributed by atoms with Crippen LogP contribution in [-0.4, -0.2) is 37.5 Å². The third kappa shape index (κ3) is 6.32. The van der Waals surface area contributed by atoms with E-state index in [-0.39, 0.29) is 0 Å². The Balaban J connectivity index is 1.86. The normalized spacial score (nSPS) is 11.5. The highest BCUT2D eigenvalue weighted by atomic mass is 32.1. The highest BCUT2D eigenvalue weighted by molar-refractivity contribution is 7.09. The van der Waals surface area contributed by atoms with Crippen molar-refractivity contribution in [1.82, 2.24) is 10.2 Å². The highest BCUT2D eigenvalue weighted by Crippen LogP contribution is 2.09. The first-order valence-electron chi connectivity index (χ1n) is 7.83. The van der Waals surface area contributed by atoms with Crippen molar-refractivity contribution < 1.29 is 4.42 Å². The van der Waals surface area contributed by atoms with E-state index in [1.807, 2.05) is 19.1 Å². The summed E-state index contributed by atoms with van der Waals surface area (Å²) in [5.41, 5.74) is 1.06. The summed E-state index contributed by atoms with van der Waals surface area (Å²) in [5.74, 6) is 1.90. The molecule has 0 atom stereocenters. The zero-order valence-electron chi connectivity index (χ0n) is 13.9. The van der Waals surface area contributed by atoms with Gasteiger partial charge in [-0.3, -0.25) is 0 Å². The summed E-state index contributed by atoms with van der Waals surface area (Å²) in [6.45, 7) is 8.30. The Hall–Kier alpha value is -2.01. The molecule has 0 saturated carbocycles. The summed E-state index contributed by atoms with van der Waals surface area (Å²) in [4.78, 5) is 8.21. The Morgan fingerprint density at radius 3 is 2.87 bits per heavy atom. The van der Waals surface area contributed by atoms with Crippen molar-refractivity contribution in [3.8, 4) is 0 Å². The highest BCUT2D eigenvalue weighted by Gasteiger charge is 2.07. The van der Waals surface area contributed by atoms with E-state index < -0.39 is 0 Å². The van der Waals surface area contributed by atoms with Gasteiger partial charge in [-0.05, 0) is 36.9 Å². The summed E-state index contributed by atoms with van der Waals surface area (Å²) in [6.07, 6.45) is 3.58. The molecule has 0 amide bonds. The molecule has 2 rings (SSSR count). The molecule has 1 N–H and O–H groups in total. The molecular formula is C18H25N3OS. The lowest BCUT2D eigenvalue weighted by molar-refractivity contribution is 0.476. The van der Waals surface area contributed by atoms with Crippen molar-refractivity contribution in [3.05, 3.63) is 58.7 Å². The zero-order valence-corrected chi connectivity index (χ0v) is 14.7. The number of furan rings is 1. The van der Waals surface area contributed by atoms with Gasteiger partial charge in [0.2, 0.25) is 0 Å². The Morgan fingerprint density at radius 2 is 2.22 bits per heavy atom. The van der Waals surface area contributed by atoms with Gasteiger partial charge in [0.1, 0.15) is 5.76 Å². The molecule has 0 radical (unpaired) electrons. The van der Waals surface area contributed by atoms with Crippen LogP contribution in [0.2, 0.25) is 0 Å². The van der Waals surface area contributed by atoms with E-state index in [4.69, 9.17) is 4.42 Å². The number of hydrogen-bond acceptors (Lipinski definition) is 3. The van der Waals surface area contributed by atoms with E-state index in [1.165, 1.54) is 4.88 Å². The minimum atomic E-state index is 0.645. The maximum Gasteiger partial charge on any atom is 0.194 e. The van der Waals surface area contributed by atoms with Crippen molar-refractivity contribution in [1.29, 1.82) is 0 Å². The number of likely N-dealkylation sites (N-methyl/N-ethyl adjacent to an activating group) is 1. The molecule has 0 spiro atoms. The fourth-order valence-electron chi connectivity index (χ4n) is 2.11. The third-order valence-electron chi connectivity index (χ3n) is 3.37. The molecule has 0 aromatic carbocycles. The van der Waals surface area contributed by atoms with E-state index >= 15 is 0 Å². The van der Waals surface area contributed by atoms with Crippen molar-refractivity contribution in [2.75, 3.05) is 26.7 Å². The molecule has 0 saturated heterocycles. The van der Waals surface area contributed by atoms with Gasteiger partial charge in [0.25, 0.3) is 0 Å². The van der Waals surface area contributed by atoms with Crippen LogP contribution in [-0.2, 0) is 12.8 Å². The summed E-state index contributed by atoms with van der Waals surface area (Å²) in [5, 5.41) is 5.54. The van der Waals surface area contributed by atoms with Crippen LogP contribution in [0.3, 0.4) is 0 Å². The average Bonchev–Trinajstić information content (AvgIpc) is 3.21. The summed E-state index contributed by atoms with van der Waals surface area (Å²) in [6, 6.07) is 8.18. The van der Waals surface area contributed by atoms with Crippen molar-refractivity contribution >= 4 is 17.3 Å². The van der Waals surface area contributed by atoms with Gasteiger partial charge >= 0.3 is 0 Å². The first-order chi connectivity index (χ1) is 11.1. The quantitative estimate of drug-likeness (QED) is 0.457. The molecule has 0 aliphatic heterocycles. The van der Waals surface area contributed by atoms with Crippen LogP contribution in [0.15, 0.2) is 57.5 Å². The molecule has 0 bridgehead atoms. The van der Waals surface area contributed by atoms with E-state index in [0.717, 1.165) is 43.2 Å². The van der Waals surface area contributed by atoms with E-state index in [0.29, 0.717) is 6.54 Å². The number of hydrogen-bond donors (Lipinski definition) is 1. The summed E-state index contributed by atoms with van der Waals surface area (Å²) >= 11 is 1.80. The fraction of sp³-hybridized carbons (Fsp3) is 0.389. The summed E-state index contributed by atoms with van der Waals surface area (Å²) in [7, 11) is 2.07. The van der Waals surface area contributed by atoms with Gasteiger partial charge in [0.05, 0.1) is 12.8 Å². The van der Waals surface area contributed by atoms with Gasteiger partial charge in [-0.25, -0.2) is 4.99 Å². The van der Waals surface area contributed by atoms with Gasteiger partial charge in [-0.2, -0.15) is 0 Å². The molecule has 124 valence electrons. The minimum Gasteiger partial charge on any atom is -0.469 e. The number of rotatable bonds is 8. The van der Waals surface area contributed by atoms with Crippen LogP contribution in [0.5, 0.6) is 0 Å². The largest absolute Gasteiger partial charge is 0.469 e. The molecule has 2 aromatic heterocycles. The van der Waals surface area contributed by atoms with Gasteiger partial charge < -0.3 is 14.6 Å². The maximum atomic E-state index is 5.36. The Kier molecular flexibility index (Phi) is 6.94. The molecule has 23 heavy (non-hydrogen) atoms. The molecule has 0 aliphatic rings. The van der Waals surface area contributed by atoms with Gasteiger partial charge in [0, 0.05) is 31.4 Å². The second-order valence-corrected chi connectivity index (χ2v) is 6.64. The number of aliphatic imine (C=N–C) groups is 1. The second kappa shape index (κ2) is 9.20. The Labute approximate surface area is 142 Å². The number of guanidine groups is 1. The third-order valence-corrected chi connectivity index (χ3v) is 4.30. The lowest BCUT2D eigenvalue weighted by atomic mass is 10.3. The Bertz CT molecular complexity index is 602. The minimum absolute atomic E-state index is 0.645. The Morgan fingerprint density at radius 1 is 1.35 bits per heavy atom. The topological polar surface area (TPSA) is 40.8 Å². The number of nitrogens with one attached hydrogen (secondary N) is 1. The maximum absolute atomic E-state index is 5.36. The number of thiophene rings is 1. The average molecular weight is 331 g/mol. The van der Waals surface area contributed by atoms with E-state index in [9.17, 15) is 0 Å². The van der Waals surface area contributed by atoms with Crippen LogP contribution in [0.4, 0.5) is 0 Å². The van der Waals surface area contributed by atoms with Gasteiger partial charge in [-0.1, -0.05) is 18.2 Å². The fourth-order valence-corrected chi connectivity index (χ4v) is 2.81. The van der Waals surface area contributed by atoms with Gasteiger partial charge in [0.15, 0.2) is 5.96 Å².